The van der Waals surface area contributed by atoms with E-state index in [0.717, 1.165) is 6.92 Å². The minimum atomic E-state index is -2.36. The quantitative estimate of drug-likeness (QED) is 0.366. The average molecular weight is 294 g/mol. The fourth-order valence-electron chi connectivity index (χ4n) is 2.12. The summed E-state index contributed by atoms with van der Waals surface area (Å²) < 4.78 is 18.9. The standard InChI is InChI=1S/C10H15FN2O7/c1-10(19)7(16)12-9(18)13(8(10)17)6-4(11)5(15)3(2-14)20-6/h3-6,8,14-15,17,19H,2H2,1H3,(H,12,16,18)/t3-,4?,5-,6-,8?,10?/m1/s1. The molecule has 0 aromatic heterocycles. The lowest BCUT2D eigenvalue weighted by molar-refractivity contribution is -0.198. The summed E-state index contributed by atoms with van der Waals surface area (Å²) in [6.45, 7) is 0.244. The molecule has 2 aliphatic rings. The van der Waals surface area contributed by atoms with Gasteiger partial charge < -0.3 is 25.2 Å². The molecule has 0 radical (unpaired) electrons. The highest BCUT2D eigenvalue weighted by atomic mass is 19.1. The lowest BCUT2D eigenvalue weighted by Crippen LogP contribution is -2.71. The molecule has 2 fully saturated rings. The first kappa shape index (κ1) is 15.1. The Kier molecular flexibility index (Phi) is 3.69. The van der Waals surface area contributed by atoms with Crippen LogP contribution in [-0.4, -0.2) is 80.3 Å². The predicted octanol–water partition coefficient (Wildman–Crippen LogP) is -2.98. The second kappa shape index (κ2) is 4.90. The van der Waals surface area contributed by atoms with Crippen LogP contribution in [0.4, 0.5) is 9.18 Å². The number of nitrogens with one attached hydrogen (secondary N) is 1. The SMILES string of the molecule is CC1(O)C(=O)NC(=O)N([C@@H]2O[C@H](CO)[C@@H](O)C2F)C1O. The van der Waals surface area contributed by atoms with Gasteiger partial charge in [-0.25, -0.2) is 9.18 Å². The van der Waals surface area contributed by atoms with E-state index < -0.39 is 55.0 Å². The fraction of sp³-hybridized carbons (Fsp3) is 0.800. The highest BCUT2D eigenvalue weighted by Crippen LogP contribution is 2.31. The summed E-state index contributed by atoms with van der Waals surface area (Å²) in [5.74, 6) is -1.14. The molecule has 3 amide bonds. The Morgan fingerprint density at radius 1 is 1.45 bits per heavy atom. The Labute approximate surface area is 112 Å². The first-order valence-corrected chi connectivity index (χ1v) is 5.84. The van der Waals surface area contributed by atoms with Crippen molar-refractivity contribution in [1.82, 2.24) is 10.2 Å². The molecule has 3 unspecified atom stereocenters. The number of halogens is 1. The van der Waals surface area contributed by atoms with E-state index in [4.69, 9.17) is 9.84 Å². The highest BCUT2D eigenvalue weighted by Gasteiger charge is 2.57. The Hall–Kier alpha value is -1.33. The van der Waals surface area contributed by atoms with Crippen LogP contribution in [0.1, 0.15) is 6.92 Å². The fourth-order valence-corrected chi connectivity index (χ4v) is 2.12. The number of aliphatic hydroxyl groups excluding tert-OH is 3. The van der Waals surface area contributed by atoms with Gasteiger partial charge in [-0.05, 0) is 6.92 Å². The zero-order valence-corrected chi connectivity index (χ0v) is 10.4. The second-order valence-electron chi connectivity index (χ2n) is 4.87. The number of carbonyl (C=O) groups excluding carboxylic acids is 2. The van der Waals surface area contributed by atoms with Crippen LogP contribution >= 0.6 is 0 Å². The van der Waals surface area contributed by atoms with Crippen LogP contribution in [0.25, 0.3) is 0 Å². The largest absolute Gasteiger partial charge is 0.394 e. The van der Waals surface area contributed by atoms with E-state index in [2.05, 4.69) is 0 Å². The van der Waals surface area contributed by atoms with E-state index in [1.54, 1.807) is 5.32 Å². The van der Waals surface area contributed by atoms with Crippen LogP contribution in [0.15, 0.2) is 0 Å². The van der Waals surface area contributed by atoms with Crippen LogP contribution in [0, 0.1) is 0 Å². The summed E-state index contributed by atoms with van der Waals surface area (Å²) in [7, 11) is 0. The Morgan fingerprint density at radius 3 is 2.55 bits per heavy atom. The monoisotopic (exact) mass is 294 g/mol. The third kappa shape index (κ3) is 2.05. The number of urea groups is 1. The van der Waals surface area contributed by atoms with E-state index in [-0.39, 0.29) is 0 Å². The number of aliphatic hydroxyl groups is 4. The van der Waals surface area contributed by atoms with E-state index >= 15 is 0 Å². The van der Waals surface area contributed by atoms with Crippen molar-refractivity contribution in [2.24, 2.45) is 0 Å². The first-order chi connectivity index (χ1) is 9.21. The Morgan fingerprint density at radius 2 is 2.05 bits per heavy atom. The van der Waals surface area contributed by atoms with Crippen LogP contribution in [0.2, 0.25) is 0 Å². The number of amides is 3. The van der Waals surface area contributed by atoms with Crippen molar-refractivity contribution in [2.75, 3.05) is 6.61 Å². The second-order valence-corrected chi connectivity index (χ2v) is 4.87. The van der Waals surface area contributed by atoms with E-state index in [9.17, 15) is 29.3 Å². The highest BCUT2D eigenvalue weighted by molar-refractivity contribution is 6.01. The van der Waals surface area contributed by atoms with Crippen molar-refractivity contribution in [2.45, 2.75) is 43.4 Å². The number of hydrogen-bond donors (Lipinski definition) is 5. The van der Waals surface area contributed by atoms with Gasteiger partial charge in [-0.3, -0.25) is 15.0 Å². The van der Waals surface area contributed by atoms with Gasteiger partial charge in [-0.2, -0.15) is 0 Å². The van der Waals surface area contributed by atoms with Crippen molar-refractivity contribution >= 4 is 11.9 Å². The smallest absolute Gasteiger partial charge is 0.328 e. The van der Waals surface area contributed by atoms with E-state index in [1.165, 1.54) is 0 Å². The van der Waals surface area contributed by atoms with E-state index in [1.807, 2.05) is 0 Å². The van der Waals surface area contributed by atoms with Crippen molar-refractivity contribution in [3.63, 3.8) is 0 Å². The minimum absolute atomic E-state index is 0.380. The van der Waals surface area contributed by atoms with Gasteiger partial charge >= 0.3 is 6.03 Å². The zero-order valence-electron chi connectivity index (χ0n) is 10.4. The number of rotatable bonds is 2. The van der Waals surface area contributed by atoms with Gasteiger partial charge in [0.1, 0.15) is 12.2 Å². The summed E-state index contributed by atoms with van der Waals surface area (Å²) >= 11 is 0. The molecule has 10 heteroatoms. The molecule has 20 heavy (non-hydrogen) atoms. The van der Waals surface area contributed by atoms with E-state index in [0.29, 0.717) is 4.90 Å². The van der Waals surface area contributed by atoms with Gasteiger partial charge in [0.2, 0.25) is 0 Å². The lowest BCUT2D eigenvalue weighted by Gasteiger charge is -2.43. The maximum atomic E-state index is 13.9. The summed E-state index contributed by atoms with van der Waals surface area (Å²) in [4.78, 5) is 23.4. The number of hydrogen-bond acceptors (Lipinski definition) is 7. The molecule has 0 spiro atoms. The van der Waals surface area contributed by atoms with Crippen LogP contribution in [0.3, 0.4) is 0 Å². The molecule has 9 nitrogen and oxygen atoms in total. The molecule has 0 saturated carbocycles. The molecule has 0 aliphatic carbocycles. The molecule has 0 aromatic rings. The summed E-state index contributed by atoms with van der Waals surface area (Å²) in [5.41, 5.74) is -2.36. The summed E-state index contributed by atoms with van der Waals surface area (Å²) in [6, 6.07) is -1.17. The topological polar surface area (TPSA) is 140 Å². The maximum Gasteiger partial charge on any atom is 0.328 e. The molecule has 2 rings (SSSR count). The van der Waals surface area contributed by atoms with Gasteiger partial charge in [-0.1, -0.05) is 0 Å². The maximum absolute atomic E-state index is 13.9. The molecule has 0 aromatic carbocycles. The van der Waals surface area contributed by atoms with Crippen LogP contribution < -0.4 is 5.32 Å². The molecule has 2 aliphatic heterocycles. The molecular formula is C10H15FN2O7. The molecule has 2 heterocycles. The molecular weight excluding hydrogens is 279 g/mol. The molecule has 114 valence electrons. The van der Waals surface area contributed by atoms with Gasteiger partial charge in [-0.15, -0.1) is 0 Å². The zero-order chi connectivity index (χ0) is 15.2. The number of ether oxygens (including phenoxy) is 1. The van der Waals surface area contributed by atoms with Gasteiger partial charge in [0, 0.05) is 0 Å². The van der Waals surface area contributed by atoms with Crippen molar-refractivity contribution < 1.29 is 39.1 Å². The van der Waals surface area contributed by atoms with Gasteiger partial charge in [0.15, 0.2) is 24.2 Å². The molecule has 2 saturated heterocycles. The number of nitrogens with zero attached hydrogens (tertiary/aromatic N) is 1. The average Bonchev–Trinajstić information content (AvgIpc) is 2.65. The first-order valence-electron chi connectivity index (χ1n) is 5.84. The van der Waals surface area contributed by atoms with Gasteiger partial charge in [0.25, 0.3) is 5.91 Å². The lowest BCUT2D eigenvalue weighted by atomic mass is 9.99. The third-order valence-electron chi connectivity index (χ3n) is 3.43. The predicted molar refractivity (Wildman–Crippen MR) is 58.7 cm³/mol. The van der Waals surface area contributed by atoms with Crippen molar-refractivity contribution in [3.05, 3.63) is 0 Å². The van der Waals surface area contributed by atoms with Crippen LogP contribution in [-0.2, 0) is 9.53 Å². The van der Waals surface area contributed by atoms with Gasteiger partial charge in [0.05, 0.1) is 6.61 Å². The number of alkyl halides is 1. The molecule has 0 bridgehead atoms. The summed E-state index contributed by atoms with van der Waals surface area (Å²) in [6.07, 6.45) is -8.89. The molecule has 6 atom stereocenters. The van der Waals surface area contributed by atoms with Crippen LogP contribution in [0.5, 0.6) is 0 Å². The van der Waals surface area contributed by atoms with Crippen molar-refractivity contribution in [3.8, 4) is 0 Å². The molecule has 5 N–H and O–H groups in total. The number of imide groups is 1. The number of carbonyl (C=O) groups is 2. The summed E-state index contributed by atoms with van der Waals surface area (Å²) in [5, 5.41) is 39.8. The normalized spacial score (nSPS) is 45.7. The Bertz CT molecular complexity index is 432. The Balaban J connectivity index is 2.28. The van der Waals surface area contributed by atoms with Crippen molar-refractivity contribution in [1.29, 1.82) is 0 Å². The minimum Gasteiger partial charge on any atom is -0.394 e. The third-order valence-corrected chi connectivity index (χ3v) is 3.43.